The van der Waals surface area contributed by atoms with Gasteiger partial charge < -0.3 is 10.1 Å². The fourth-order valence-corrected chi connectivity index (χ4v) is 2.60. The molecule has 26 heavy (non-hydrogen) atoms. The highest BCUT2D eigenvalue weighted by Crippen LogP contribution is 2.22. The molecule has 1 atom stereocenters. The molecule has 0 aliphatic carbocycles. The number of nitrogens with one attached hydrogen (secondary N) is 1. The van der Waals surface area contributed by atoms with E-state index in [0.717, 1.165) is 0 Å². The number of anilines is 1. The third-order valence-corrected chi connectivity index (χ3v) is 3.84. The summed E-state index contributed by atoms with van der Waals surface area (Å²) in [5, 5.41) is 3.21. The van der Waals surface area contributed by atoms with E-state index in [1.54, 1.807) is 24.3 Å². The van der Waals surface area contributed by atoms with Crippen LogP contribution < -0.4 is 5.32 Å². The number of ether oxygens (including phenoxy) is 1. The average Bonchev–Trinajstić information content (AvgIpc) is 2.60. The molecule has 1 aromatic heterocycles. The van der Waals surface area contributed by atoms with Crippen LogP contribution in [-0.2, 0) is 9.53 Å². The highest BCUT2D eigenvalue weighted by molar-refractivity contribution is 6.30. The van der Waals surface area contributed by atoms with Crippen molar-refractivity contribution in [2.75, 3.05) is 5.32 Å². The van der Waals surface area contributed by atoms with Crippen molar-refractivity contribution in [1.29, 1.82) is 0 Å². The number of esters is 1. The summed E-state index contributed by atoms with van der Waals surface area (Å²) in [6.45, 7) is 1.43. The Bertz CT molecular complexity index is 993. The minimum atomic E-state index is -1.09. The Morgan fingerprint density at radius 3 is 2.69 bits per heavy atom. The van der Waals surface area contributed by atoms with Crippen molar-refractivity contribution >= 4 is 40.1 Å². The second kappa shape index (κ2) is 7.49. The number of carbonyl (C=O) groups is 2. The van der Waals surface area contributed by atoms with Gasteiger partial charge in [0.2, 0.25) is 0 Å². The molecule has 2 aromatic carbocycles. The Balaban J connectivity index is 1.76. The smallest absolute Gasteiger partial charge is 0.339 e. The maximum Gasteiger partial charge on any atom is 0.339 e. The number of benzene rings is 2. The molecule has 0 aliphatic heterocycles. The number of pyridine rings is 1. The quantitative estimate of drug-likeness (QED) is 0.550. The predicted molar refractivity (Wildman–Crippen MR) is 96.7 cm³/mol. The summed E-state index contributed by atoms with van der Waals surface area (Å²) >= 11 is 5.96. The van der Waals surface area contributed by atoms with Gasteiger partial charge in [0.25, 0.3) is 5.91 Å². The molecule has 0 fully saturated rings. The molecule has 1 heterocycles. The monoisotopic (exact) mass is 372 g/mol. The maximum atomic E-state index is 13.2. The molecule has 0 saturated carbocycles. The molecule has 1 N–H and O–H groups in total. The van der Waals surface area contributed by atoms with Crippen LogP contribution in [0.4, 0.5) is 10.1 Å². The lowest BCUT2D eigenvalue weighted by Crippen LogP contribution is -2.30. The average molecular weight is 373 g/mol. The van der Waals surface area contributed by atoms with Gasteiger partial charge in [-0.2, -0.15) is 0 Å². The highest BCUT2D eigenvalue weighted by atomic mass is 35.5. The Morgan fingerprint density at radius 1 is 1.15 bits per heavy atom. The van der Waals surface area contributed by atoms with E-state index in [-0.39, 0.29) is 16.4 Å². The van der Waals surface area contributed by atoms with Crippen LogP contribution in [0.5, 0.6) is 0 Å². The summed E-state index contributed by atoms with van der Waals surface area (Å²) in [5.74, 6) is -1.76. The third kappa shape index (κ3) is 3.97. The topological polar surface area (TPSA) is 68.3 Å². The van der Waals surface area contributed by atoms with E-state index in [1.807, 2.05) is 0 Å². The number of hydrogen-bond donors (Lipinski definition) is 1. The SMILES string of the molecule is C[C@H](OC(=O)c1cc(Cl)nc2ccccc12)C(=O)Nc1cccc(F)c1. The van der Waals surface area contributed by atoms with Crippen molar-refractivity contribution in [3.05, 3.63) is 71.1 Å². The summed E-state index contributed by atoms with van der Waals surface area (Å²) in [6.07, 6.45) is -1.09. The zero-order chi connectivity index (χ0) is 18.7. The minimum Gasteiger partial charge on any atom is -0.449 e. The first-order valence-electron chi connectivity index (χ1n) is 7.77. The Kier molecular flexibility index (Phi) is 5.14. The van der Waals surface area contributed by atoms with Gasteiger partial charge in [-0.3, -0.25) is 4.79 Å². The summed E-state index contributed by atoms with van der Waals surface area (Å²) in [6, 6.07) is 13.8. The second-order valence-corrected chi connectivity index (χ2v) is 5.94. The van der Waals surface area contributed by atoms with E-state index in [4.69, 9.17) is 16.3 Å². The van der Waals surface area contributed by atoms with Gasteiger partial charge in [0.05, 0.1) is 11.1 Å². The van der Waals surface area contributed by atoms with Crippen LogP contribution in [0.3, 0.4) is 0 Å². The number of fused-ring (bicyclic) bond motifs is 1. The summed E-state index contributed by atoms with van der Waals surface area (Å²) < 4.78 is 18.4. The Morgan fingerprint density at radius 2 is 1.92 bits per heavy atom. The first-order valence-corrected chi connectivity index (χ1v) is 8.14. The van der Waals surface area contributed by atoms with Crippen LogP contribution >= 0.6 is 11.6 Å². The van der Waals surface area contributed by atoms with E-state index in [0.29, 0.717) is 10.9 Å². The van der Waals surface area contributed by atoms with Gasteiger partial charge >= 0.3 is 5.97 Å². The van der Waals surface area contributed by atoms with Gasteiger partial charge in [0.15, 0.2) is 6.10 Å². The van der Waals surface area contributed by atoms with E-state index in [1.165, 1.54) is 37.3 Å². The van der Waals surface area contributed by atoms with Crippen molar-refractivity contribution in [1.82, 2.24) is 4.98 Å². The van der Waals surface area contributed by atoms with Crippen LogP contribution in [0, 0.1) is 5.82 Å². The lowest BCUT2D eigenvalue weighted by molar-refractivity contribution is -0.123. The van der Waals surface area contributed by atoms with Crippen molar-refractivity contribution in [2.24, 2.45) is 0 Å². The molecule has 7 heteroatoms. The molecular weight excluding hydrogens is 359 g/mol. The molecule has 1 amide bonds. The van der Waals surface area contributed by atoms with Gasteiger partial charge in [-0.15, -0.1) is 0 Å². The summed E-state index contributed by atoms with van der Waals surface area (Å²) in [5.41, 5.74) is 1.03. The number of carbonyl (C=O) groups excluding carboxylic acids is 2. The van der Waals surface area contributed by atoms with Crippen molar-refractivity contribution in [3.63, 3.8) is 0 Å². The summed E-state index contributed by atoms with van der Waals surface area (Å²) in [7, 11) is 0. The van der Waals surface area contributed by atoms with Crippen LogP contribution in [0.1, 0.15) is 17.3 Å². The van der Waals surface area contributed by atoms with Gasteiger partial charge in [0.1, 0.15) is 11.0 Å². The third-order valence-electron chi connectivity index (χ3n) is 3.65. The molecule has 0 bridgehead atoms. The van der Waals surface area contributed by atoms with Crippen LogP contribution in [0.25, 0.3) is 10.9 Å². The number of halogens is 2. The number of para-hydroxylation sites is 1. The van der Waals surface area contributed by atoms with Crippen molar-refractivity contribution < 1.29 is 18.7 Å². The van der Waals surface area contributed by atoms with E-state index < -0.39 is 23.8 Å². The molecule has 0 radical (unpaired) electrons. The van der Waals surface area contributed by atoms with Crippen molar-refractivity contribution in [3.8, 4) is 0 Å². The highest BCUT2D eigenvalue weighted by Gasteiger charge is 2.21. The molecule has 5 nitrogen and oxygen atoms in total. The maximum absolute atomic E-state index is 13.2. The molecule has 3 aromatic rings. The predicted octanol–water partition coefficient (Wildman–Crippen LogP) is 4.21. The van der Waals surface area contributed by atoms with E-state index in [2.05, 4.69) is 10.3 Å². The minimum absolute atomic E-state index is 0.146. The molecule has 3 rings (SSSR count). The van der Waals surface area contributed by atoms with Crippen LogP contribution in [0.2, 0.25) is 5.15 Å². The number of nitrogens with zero attached hydrogens (tertiary/aromatic N) is 1. The largest absolute Gasteiger partial charge is 0.449 e. The fraction of sp³-hybridized carbons (Fsp3) is 0.105. The van der Waals surface area contributed by atoms with Gasteiger partial charge in [-0.05, 0) is 37.3 Å². The molecule has 0 aliphatic rings. The Labute approximate surface area is 153 Å². The van der Waals surface area contributed by atoms with Crippen molar-refractivity contribution in [2.45, 2.75) is 13.0 Å². The molecular formula is C19H14ClFN2O3. The number of amides is 1. The number of hydrogen-bond acceptors (Lipinski definition) is 4. The van der Waals surface area contributed by atoms with E-state index >= 15 is 0 Å². The summed E-state index contributed by atoms with van der Waals surface area (Å²) in [4.78, 5) is 28.8. The lowest BCUT2D eigenvalue weighted by atomic mass is 10.1. The van der Waals surface area contributed by atoms with Crippen LogP contribution in [-0.4, -0.2) is 23.0 Å². The lowest BCUT2D eigenvalue weighted by Gasteiger charge is -2.14. The molecule has 132 valence electrons. The van der Waals surface area contributed by atoms with E-state index in [9.17, 15) is 14.0 Å². The Hall–Kier alpha value is -2.99. The zero-order valence-corrected chi connectivity index (χ0v) is 14.5. The van der Waals surface area contributed by atoms with Gasteiger partial charge in [0, 0.05) is 11.1 Å². The van der Waals surface area contributed by atoms with Gasteiger partial charge in [-0.25, -0.2) is 14.2 Å². The first kappa shape index (κ1) is 17.8. The van der Waals surface area contributed by atoms with Crippen LogP contribution in [0.15, 0.2) is 54.6 Å². The normalized spacial score (nSPS) is 11.8. The molecule has 0 spiro atoms. The standard InChI is InChI=1S/C19H14ClFN2O3/c1-11(18(24)22-13-6-4-5-12(21)9-13)26-19(25)15-10-17(20)23-16-8-3-2-7-14(15)16/h2-11H,1H3,(H,22,24)/t11-/m0/s1. The molecule has 0 unspecified atom stereocenters. The zero-order valence-electron chi connectivity index (χ0n) is 13.7. The van der Waals surface area contributed by atoms with Gasteiger partial charge in [-0.1, -0.05) is 35.9 Å². The number of rotatable bonds is 4. The number of aromatic nitrogens is 1. The first-order chi connectivity index (χ1) is 12.4. The molecule has 0 saturated heterocycles. The second-order valence-electron chi connectivity index (χ2n) is 5.56. The fourth-order valence-electron chi connectivity index (χ4n) is 2.40.